The van der Waals surface area contributed by atoms with E-state index < -0.39 is 11.9 Å². The lowest BCUT2D eigenvalue weighted by atomic mass is 10.2. The fourth-order valence-electron chi connectivity index (χ4n) is 2.19. The van der Waals surface area contributed by atoms with Gasteiger partial charge in [-0.25, -0.2) is 18.7 Å². The number of aliphatic hydroxyl groups excluding tert-OH is 1. The van der Waals surface area contributed by atoms with Crippen LogP contribution in [0.5, 0.6) is 5.75 Å². The van der Waals surface area contributed by atoms with Crippen LogP contribution in [0.25, 0.3) is 10.9 Å². The van der Waals surface area contributed by atoms with Crippen LogP contribution in [0.3, 0.4) is 0 Å². The van der Waals surface area contributed by atoms with Crippen molar-refractivity contribution in [1.29, 1.82) is 0 Å². The number of fused-ring (bicyclic) bond motifs is 1. The summed E-state index contributed by atoms with van der Waals surface area (Å²) in [4.78, 5) is 7.97. The van der Waals surface area contributed by atoms with Gasteiger partial charge >= 0.3 is 0 Å². The number of hydrogen-bond donors (Lipinski definition) is 2. The number of rotatable bonds is 6. The quantitative estimate of drug-likeness (QED) is 0.727. The van der Waals surface area contributed by atoms with E-state index in [1.54, 1.807) is 12.1 Å². The molecule has 5 nitrogen and oxygen atoms in total. The Kier molecular flexibility index (Phi) is 4.81. The van der Waals surface area contributed by atoms with Crippen molar-refractivity contribution in [2.45, 2.75) is 6.10 Å². The summed E-state index contributed by atoms with van der Waals surface area (Å²) in [6.45, 7) is 0.180. The number of para-hydroxylation sites is 1. The molecule has 0 spiro atoms. The summed E-state index contributed by atoms with van der Waals surface area (Å²) in [6.07, 6.45) is 0.434. The molecular weight excluding hydrogens is 316 g/mol. The standard InChI is InChI=1S/C17H15F2N3O2/c18-11-4-6-13(7-5-11)24-9-12(23)8-20-17-14-2-1-3-15(19)16(14)21-10-22-17/h1-7,10,12,23H,8-9H2,(H,20,21,22). The first kappa shape index (κ1) is 16.1. The normalized spacial score (nSPS) is 12.1. The Morgan fingerprint density at radius 1 is 1.08 bits per heavy atom. The minimum absolute atomic E-state index is 0.0238. The second-order valence-corrected chi connectivity index (χ2v) is 5.16. The van der Waals surface area contributed by atoms with Gasteiger partial charge in [-0.2, -0.15) is 0 Å². The number of ether oxygens (including phenoxy) is 1. The summed E-state index contributed by atoms with van der Waals surface area (Å²) in [6, 6.07) is 10.1. The molecule has 124 valence electrons. The minimum Gasteiger partial charge on any atom is -0.491 e. The highest BCUT2D eigenvalue weighted by molar-refractivity contribution is 5.89. The van der Waals surface area contributed by atoms with Crippen LogP contribution in [0.1, 0.15) is 0 Å². The van der Waals surface area contributed by atoms with E-state index in [4.69, 9.17) is 4.74 Å². The Bertz CT molecular complexity index is 828. The van der Waals surface area contributed by atoms with Crippen molar-refractivity contribution >= 4 is 16.7 Å². The minimum atomic E-state index is -0.825. The van der Waals surface area contributed by atoms with Gasteiger partial charge in [-0.3, -0.25) is 0 Å². The summed E-state index contributed by atoms with van der Waals surface area (Å²) in [5, 5.41) is 13.5. The fraction of sp³-hybridized carbons (Fsp3) is 0.176. The Hall–Kier alpha value is -2.80. The maximum atomic E-state index is 13.7. The molecule has 3 rings (SSSR count). The third-order valence-electron chi connectivity index (χ3n) is 3.38. The number of nitrogens with zero attached hydrogens (tertiary/aromatic N) is 2. The van der Waals surface area contributed by atoms with Crippen LogP contribution in [-0.4, -0.2) is 34.3 Å². The first-order valence-corrected chi connectivity index (χ1v) is 7.33. The smallest absolute Gasteiger partial charge is 0.149 e. The number of halogens is 2. The molecule has 0 saturated heterocycles. The molecule has 0 radical (unpaired) electrons. The second-order valence-electron chi connectivity index (χ2n) is 5.16. The van der Waals surface area contributed by atoms with Gasteiger partial charge in [-0.1, -0.05) is 6.07 Å². The van der Waals surface area contributed by atoms with Gasteiger partial charge < -0.3 is 15.2 Å². The van der Waals surface area contributed by atoms with Crippen LogP contribution < -0.4 is 10.1 Å². The molecule has 0 bridgehead atoms. The zero-order valence-corrected chi connectivity index (χ0v) is 12.6. The van der Waals surface area contributed by atoms with Gasteiger partial charge in [0.15, 0.2) is 0 Å². The lowest BCUT2D eigenvalue weighted by molar-refractivity contribution is 0.117. The van der Waals surface area contributed by atoms with Crippen LogP contribution in [0.4, 0.5) is 14.6 Å². The summed E-state index contributed by atoms with van der Waals surface area (Å²) in [5.41, 5.74) is 0.215. The third-order valence-corrected chi connectivity index (χ3v) is 3.38. The lowest BCUT2D eigenvalue weighted by Gasteiger charge is -2.14. The molecule has 7 heteroatoms. The molecule has 0 aliphatic carbocycles. The molecule has 0 aliphatic rings. The third kappa shape index (κ3) is 3.75. The number of hydrogen-bond acceptors (Lipinski definition) is 5. The molecular formula is C17H15F2N3O2. The highest BCUT2D eigenvalue weighted by atomic mass is 19.1. The van der Waals surface area contributed by atoms with Crippen molar-refractivity contribution < 1.29 is 18.6 Å². The number of aliphatic hydroxyl groups is 1. The van der Waals surface area contributed by atoms with Crippen molar-refractivity contribution in [3.63, 3.8) is 0 Å². The van der Waals surface area contributed by atoms with Gasteiger partial charge in [-0.15, -0.1) is 0 Å². The van der Waals surface area contributed by atoms with Crippen LogP contribution in [0.2, 0.25) is 0 Å². The number of nitrogens with one attached hydrogen (secondary N) is 1. The largest absolute Gasteiger partial charge is 0.491 e. The topological polar surface area (TPSA) is 67.3 Å². The number of anilines is 1. The highest BCUT2D eigenvalue weighted by Gasteiger charge is 2.10. The van der Waals surface area contributed by atoms with E-state index in [1.165, 1.54) is 36.7 Å². The molecule has 2 N–H and O–H groups in total. The van der Waals surface area contributed by atoms with Gasteiger partial charge in [0.1, 0.15) is 47.8 Å². The van der Waals surface area contributed by atoms with Gasteiger partial charge in [0.05, 0.1) is 0 Å². The Balaban J connectivity index is 1.59. The first-order valence-electron chi connectivity index (χ1n) is 7.33. The van der Waals surface area contributed by atoms with Crippen molar-refractivity contribution in [2.24, 2.45) is 0 Å². The predicted molar refractivity (Wildman–Crippen MR) is 85.9 cm³/mol. The molecule has 0 fully saturated rings. The van der Waals surface area contributed by atoms with E-state index in [0.717, 1.165) is 0 Å². The van der Waals surface area contributed by atoms with E-state index in [1.807, 2.05) is 0 Å². The van der Waals surface area contributed by atoms with Crippen LogP contribution in [-0.2, 0) is 0 Å². The molecule has 3 aromatic rings. The Labute approximate surface area is 136 Å². The van der Waals surface area contributed by atoms with Crippen LogP contribution in [0, 0.1) is 11.6 Å². The lowest BCUT2D eigenvalue weighted by Crippen LogP contribution is -2.26. The van der Waals surface area contributed by atoms with Crippen molar-refractivity contribution in [3.05, 3.63) is 60.4 Å². The van der Waals surface area contributed by atoms with Crippen LogP contribution >= 0.6 is 0 Å². The van der Waals surface area contributed by atoms with Crippen LogP contribution in [0.15, 0.2) is 48.8 Å². The average Bonchev–Trinajstić information content (AvgIpc) is 2.60. The van der Waals surface area contributed by atoms with Crippen molar-refractivity contribution in [2.75, 3.05) is 18.5 Å². The fourth-order valence-corrected chi connectivity index (χ4v) is 2.19. The van der Waals surface area contributed by atoms with E-state index in [2.05, 4.69) is 15.3 Å². The van der Waals surface area contributed by atoms with Gasteiger partial charge in [0, 0.05) is 11.9 Å². The average molecular weight is 331 g/mol. The molecule has 24 heavy (non-hydrogen) atoms. The maximum Gasteiger partial charge on any atom is 0.149 e. The SMILES string of the molecule is OC(CNc1ncnc2c(F)cccc12)COc1ccc(F)cc1. The molecule has 2 aromatic carbocycles. The van der Waals surface area contributed by atoms with E-state index in [0.29, 0.717) is 17.0 Å². The highest BCUT2D eigenvalue weighted by Crippen LogP contribution is 2.21. The number of benzene rings is 2. The Morgan fingerprint density at radius 2 is 1.88 bits per heavy atom. The molecule has 0 amide bonds. The summed E-state index contributed by atoms with van der Waals surface area (Å²) in [7, 11) is 0. The monoisotopic (exact) mass is 331 g/mol. The first-order chi connectivity index (χ1) is 11.6. The van der Waals surface area contributed by atoms with Crippen molar-refractivity contribution in [1.82, 2.24) is 9.97 Å². The second kappa shape index (κ2) is 7.18. The van der Waals surface area contributed by atoms with Crippen molar-refractivity contribution in [3.8, 4) is 5.75 Å². The predicted octanol–water partition coefficient (Wildman–Crippen LogP) is 2.76. The summed E-state index contributed by atoms with van der Waals surface area (Å²) >= 11 is 0. The van der Waals surface area contributed by atoms with Gasteiger partial charge in [0.2, 0.25) is 0 Å². The molecule has 0 aliphatic heterocycles. The molecule has 0 saturated carbocycles. The van der Waals surface area contributed by atoms with Gasteiger partial charge in [-0.05, 0) is 36.4 Å². The molecule has 1 heterocycles. The molecule has 1 aromatic heterocycles. The molecule has 1 unspecified atom stereocenters. The zero-order valence-electron chi connectivity index (χ0n) is 12.6. The molecule has 1 atom stereocenters. The Morgan fingerprint density at radius 3 is 2.67 bits per heavy atom. The maximum absolute atomic E-state index is 13.7. The number of aromatic nitrogens is 2. The van der Waals surface area contributed by atoms with E-state index >= 15 is 0 Å². The van der Waals surface area contributed by atoms with E-state index in [-0.39, 0.29) is 24.5 Å². The zero-order chi connectivity index (χ0) is 16.9. The summed E-state index contributed by atoms with van der Waals surface area (Å²) < 4.78 is 31.9. The summed E-state index contributed by atoms with van der Waals surface area (Å²) in [5.74, 6) is 0.107. The van der Waals surface area contributed by atoms with E-state index in [9.17, 15) is 13.9 Å². The van der Waals surface area contributed by atoms with Gasteiger partial charge in [0.25, 0.3) is 0 Å².